The molecular weight excluding hydrogens is 300 g/mol. The second-order valence-electron chi connectivity index (χ2n) is 5.81. The Balaban J connectivity index is 1.53. The maximum Gasteiger partial charge on any atom is 0.353 e. The number of aryl methyl sites for hydroxylation is 1. The van der Waals surface area contributed by atoms with Crippen LogP contribution in [0.4, 0.5) is 0 Å². The molecule has 0 fully saturated rings. The van der Waals surface area contributed by atoms with Gasteiger partial charge in [-0.15, -0.1) is 11.3 Å². The number of thiophene rings is 1. The SMILES string of the molecule is C[C@H]1CCc2sc(C(=O)Oc3ccc4c(c3)OCO4)cc2C1. The number of hydrogen-bond acceptors (Lipinski definition) is 5. The summed E-state index contributed by atoms with van der Waals surface area (Å²) in [6.07, 6.45) is 3.33. The van der Waals surface area contributed by atoms with Gasteiger partial charge in [-0.3, -0.25) is 0 Å². The number of rotatable bonds is 2. The smallest absolute Gasteiger partial charge is 0.353 e. The summed E-state index contributed by atoms with van der Waals surface area (Å²) in [6.45, 7) is 2.47. The number of carbonyl (C=O) groups excluding carboxylic acids is 1. The first-order chi connectivity index (χ1) is 10.7. The van der Waals surface area contributed by atoms with Crippen LogP contribution in [0.15, 0.2) is 24.3 Å². The zero-order valence-electron chi connectivity index (χ0n) is 12.3. The molecular formula is C17H16O4S. The van der Waals surface area contributed by atoms with Gasteiger partial charge >= 0.3 is 5.97 Å². The fourth-order valence-electron chi connectivity index (χ4n) is 2.90. The zero-order chi connectivity index (χ0) is 15.1. The predicted molar refractivity (Wildman–Crippen MR) is 83.0 cm³/mol. The molecule has 1 aromatic carbocycles. The fourth-order valence-corrected chi connectivity index (χ4v) is 3.99. The van der Waals surface area contributed by atoms with E-state index in [2.05, 4.69) is 6.92 Å². The Morgan fingerprint density at radius 1 is 1.27 bits per heavy atom. The van der Waals surface area contributed by atoms with Gasteiger partial charge in [-0.25, -0.2) is 4.79 Å². The van der Waals surface area contributed by atoms with Crippen LogP contribution in [0.25, 0.3) is 0 Å². The molecule has 2 heterocycles. The van der Waals surface area contributed by atoms with Crippen LogP contribution in [-0.4, -0.2) is 12.8 Å². The van der Waals surface area contributed by atoms with Gasteiger partial charge in [0.05, 0.1) is 0 Å². The van der Waals surface area contributed by atoms with E-state index in [0.717, 1.165) is 12.8 Å². The summed E-state index contributed by atoms with van der Waals surface area (Å²) in [5.74, 6) is 2.17. The van der Waals surface area contributed by atoms with Crippen molar-refractivity contribution in [3.05, 3.63) is 39.6 Å². The Kier molecular flexibility index (Phi) is 3.30. The van der Waals surface area contributed by atoms with Gasteiger partial charge in [-0.05, 0) is 48.9 Å². The molecule has 0 spiro atoms. The van der Waals surface area contributed by atoms with E-state index in [-0.39, 0.29) is 12.8 Å². The quantitative estimate of drug-likeness (QED) is 0.624. The Labute approximate surface area is 132 Å². The van der Waals surface area contributed by atoms with Crippen molar-refractivity contribution in [1.82, 2.24) is 0 Å². The summed E-state index contributed by atoms with van der Waals surface area (Å²) in [4.78, 5) is 14.3. The van der Waals surface area contributed by atoms with Crippen molar-refractivity contribution < 1.29 is 19.0 Å². The van der Waals surface area contributed by atoms with E-state index in [1.54, 1.807) is 29.5 Å². The van der Waals surface area contributed by atoms with Gasteiger partial charge in [-0.1, -0.05) is 6.92 Å². The van der Waals surface area contributed by atoms with Crippen molar-refractivity contribution in [3.63, 3.8) is 0 Å². The molecule has 0 radical (unpaired) electrons. The maximum absolute atomic E-state index is 12.3. The van der Waals surface area contributed by atoms with Gasteiger partial charge in [0.15, 0.2) is 11.5 Å². The Bertz CT molecular complexity index is 734. The highest BCUT2D eigenvalue weighted by Gasteiger charge is 2.22. The van der Waals surface area contributed by atoms with Crippen molar-refractivity contribution in [2.75, 3.05) is 6.79 Å². The molecule has 1 atom stereocenters. The van der Waals surface area contributed by atoms with E-state index in [1.807, 2.05) is 6.07 Å². The third-order valence-corrected chi connectivity index (χ3v) is 5.30. The highest BCUT2D eigenvalue weighted by molar-refractivity contribution is 7.14. The van der Waals surface area contributed by atoms with E-state index in [0.29, 0.717) is 28.0 Å². The summed E-state index contributed by atoms with van der Waals surface area (Å²) in [6, 6.07) is 7.16. The minimum Gasteiger partial charge on any atom is -0.454 e. The maximum atomic E-state index is 12.3. The Morgan fingerprint density at radius 3 is 3.05 bits per heavy atom. The lowest BCUT2D eigenvalue weighted by Crippen LogP contribution is -2.08. The number of esters is 1. The predicted octanol–water partition coefficient (Wildman–Crippen LogP) is 3.82. The standard InChI is InChI=1S/C17H16O4S/c1-10-2-5-15-11(6-10)7-16(22-15)17(18)21-12-3-4-13-14(8-12)20-9-19-13/h3-4,7-8,10H,2,5-6,9H2,1H3/t10-/m0/s1. The molecule has 0 amide bonds. The second-order valence-corrected chi connectivity index (χ2v) is 6.95. The van der Waals surface area contributed by atoms with E-state index in [4.69, 9.17) is 14.2 Å². The van der Waals surface area contributed by atoms with Crippen LogP contribution in [0.5, 0.6) is 17.2 Å². The second kappa shape index (κ2) is 5.32. The first-order valence-electron chi connectivity index (χ1n) is 7.42. The summed E-state index contributed by atoms with van der Waals surface area (Å²) in [5.41, 5.74) is 1.31. The summed E-state index contributed by atoms with van der Waals surface area (Å²) < 4.78 is 16.0. The van der Waals surface area contributed by atoms with E-state index >= 15 is 0 Å². The summed E-state index contributed by atoms with van der Waals surface area (Å²) in [7, 11) is 0. The number of ether oxygens (including phenoxy) is 3. The molecule has 4 rings (SSSR count). The first-order valence-corrected chi connectivity index (χ1v) is 8.24. The van der Waals surface area contributed by atoms with Gasteiger partial charge in [0.25, 0.3) is 0 Å². The van der Waals surface area contributed by atoms with Crippen LogP contribution in [-0.2, 0) is 12.8 Å². The van der Waals surface area contributed by atoms with Crippen molar-refractivity contribution in [2.45, 2.75) is 26.2 Å². The average Bonchev–Trinajstić information content (AvgIpc) is 3.12. The summed E-state index contributed by atoms with van der Waals surface area (Å²) in [5, 5.41) is 0. The van der Waals surface area contributed by atoms with Crippen LogP contribution in [0.2, 0.25) is 0 Å². The lowest BCUT2D eigenvalue weighted by atomic mass is 9.90. The molecule has 0 N–H and O–H groups in total. The van der Waals surface area contributed by atoms with Gasteiger partial charge in [0.1, 0.15) is 10.6 Å². The normalized spacial score (nSPS) is 18.9. The highest BCUT2D eigenvalue weighted by atomic mass is 32.1. The molecule has 2 aromatic rings. The minimum absolute atomic E-state index is 0.211. The van der Waals surface area contributed by atoms with Crippen molar-refractivity contribution in [2.24, 2.45) is 5.92 Å². The first kappa shape index (κ1) is 13.6. The van der Waals surface area contributed by atoms with Crippen molar-refractivity contribution in [3.8, 4) is 17.2 Å². The average molecular weight is 316 g/mol. The topological polar surface area (TPSA) is 44.8 Å². The molecule has 1 aromatic heterocycles. The van der Waals surface area contributed by atoms with Crippen molar-refractivity contribution in [1.29, 1.82) is 0 Å². The number of carbonyl (C=O) groups is 1. The molecule has 1 aliphatic heterocycles. The summed E-state index contributed by atoms with van der Waals surface area (Å²) >= 11 is 1.56. The van der Waals surface area contributed by atoms with Crippen LogP contribution in [0, 0.1) is 5.92 Å². The lowest BCUT2D eigenvalue weighted by molar-refractivity contribution is 0.0739. The zero-order valence-corrected chi connectivity index (χ0v) is 13.1. The van der Waals surface area contributed by atoms with Crippen LogP contribution < -0.4 is 14.2 Å². The monoisotopic (exact) mass is 316 g/mol. The van der Waals surface area contributed by atoms with Crippen LogP contribution in [0.1, 0.15) is 33.5 Å². The fraction of sp³-hybridized carbons (Fsp3) is 0.353. The third kappa shape index (κ3) is 2.46. The molecule has 2 aliphatic rings. The Hall–Kier alpha value is -2.01. The molecule has 0 unspecified atom stereocenters. The molecule has 22 heavy (non-hydrogen) atoms. The highest BCUT2D eigenvalue weighted by Crippen LogP contribution is 2.36. The Morgan fingerprint density at radius 2 is 2.14 bits per heavy atom. The van der Waals surface area contributed by atoms with Gasteiger partial charge < -0.3 is 14.2 Å². The lowest BCUT2D eigenvalue weighted by Gasteiger charge is -2.16. The van der Waals surface area contributed by atoms with Crippen molar-refractivity contribution >= 4 is 17.3 Å². The van der Waals surface area contributed by atoms with E-state index < -0.39 is 0 Å². The molecule has 0 saturated heterocycles. The number of fused-ring (bicyclic) bond motifs is 2. The molecule has 5 heteroatoms. The van der Waals surface area contributed by atoms with E-state index in [9.17, 15) is 4.79 Å². The van der Waals surface area contributed by atoms with Crippen LogP contribution in [0.3, 0.4) is 0 Å². The molecule has 0 bridgehead atoms. The van der Waals surface area contributed by atoms with Gasteiger partial charge in [0, 0.05) is 10.9 Å². The largest absolute Gasteiger partial charge is 0.454 e. The van der Waals surface area contributed by atoms with Gasteiger partial charge in [-0.2, -0.15) is 0 Å². The van der Waals surface area contributed by atoms with Gasteiger partial charge in [0.2, 0.25) is 6.79 Å². The number of benzene rings is 1. The minimum atomic E-state index is -0.300. The molecule has 0 saturated carbocycles. The number of hydrogen-bond donors (Lipinski definition) is 0. The molecule has 114 valence electrons. The van der Waals surface area contributed by atoms with Crippen LogP contribution >= 0.6 is 11.3 Å². The molecule has 1 aliphatic carbocycles. The third-order valence-electron chi connectivity index (χ3n) is 4.08. The molecule has 4 nitrogen and oxygen atoms in total. The van der Waals surface area contributed by atoms with E-state index in [1.165, 1.54) is 16.9 Å².